The van der Waals surface area contributed by atoms with E-state index in [-0.39, 0.29) is 17.5 Å². The summed E-state index contributed by atoms with van der Waals surface area (Å²) in [5, 5.41) is 6.76. The number of hydrogen-bond acceptors (Lipinski definition) is 2. The van der Waals surface area contributed by atoms with Crippen molar-refractivity contribution in [3.63, 3.8) is 0 Å². The first-order chi connectivity index (χ1) is 12.6. The van der Waals surface area contributed by atoms with Crippen molar-refractivity contribution >= 4 is 41.1 Å². The highest BCUT2D eigenvalue weighted by atomic mass is 35.5. The van der Waals surface area contributed by atoms with Crippen LogP contribution in [0.3, 0.4) is 0 Å². The van der Waals surface area contributed by atoms with E-state index in [1.54, 1.807) is 63.2 Å². The lowest BCUT2D eigenvalue weighted by Gasteiger charge is -2.19. The van der Waals surface area contributed by atoms with Crippen LogP contribution < -0.4 is 10.6 Å². The van der Waals surface area contributed by atoms with Gasteiger partial charge in [0.15, 0.2) is 0 Å². The fourth-order valence-corrected chi connectivity index (χ4v) is 2.33. The number of benzene rings is 2. The van der Waals surface area contributed by atoms with E-state index in [9.17, 15) is 9.59 Å². The van der Waals surface area contributed by atoms with Crippen molar-refractivity contribution < 1.29 is 9.59 Å². The highest BCUT2D eigenvalue weighted by molar-refractivity contribution is 6.30. The Labute approximate surface area is 169 Å². The summed E-state index contributed by atoms with van der Waals surface area (Å²) in [5.74, 6) is -0.623. The standard InChI is InChI=1S/C21H22Cl2N2O2/c1-21(2,3)20(27)25-18(12-14-4-8-16(22)9-5-14)19(26)24-13-15-6-10-17(23)11-7-15/h4-12H,13H2,1-3H3,(H,24,26)(H,25,27)/b18-12-. The molecule has 6 heteroatoms. The van der Waals surface area contributed by atoms with Gasteiger partial charge in [0.25, 0.3) is 5.91 Å². The Kier molecular flexibility index (Phi) is 7.05. The van der Waals surface area contributed by atoms with E-state index >= 15 is 0 Å². The lowest BCUT2D eigenvalue weighted by molar-refractivity contribution is -0.129. The summed E-state index contributed by atoms with van der Waals surface area (Å²) in [5.41, 5.74) is 1.20. The first kappa shape index (κ1) is 21.0. The Morgan fingerprint density at radius 3 is 1.96 bits per heavy atom. The molecule has 142 valence electrons. The summed E-state index contributed by atoms with van der Waals surface area (Å²) in [4.78, 5) is 25.0. The molecule has 0 radical (unpaired) electrons. The monoisotopic (exact) mass is 404 g/mol. The Morgan fingerprint density at radius 2 is 1.44 bits per heavy atom. The molecule has 27 heavy (non-hydrogen) atoms. The molecule has 0 fully saturated rings. The van der Waals surface area contributed by atoms with Crippen LogP contribution in [0.25, 0.3) is 6.08 Å². The Hall–Kier alpha value is -2.30. The molecule has 0 spiro atoms. The van der Waals surface area contributed by atoms with E-state index < -0.39 is 5.41 Å². The topological polar surface area (TPSA) is 58.2 Å². The normalized spacial score (nSPS) is 11.8. The van der Waals surface area contributed by atoms with Crippen molar-refractivity contribution in [1.82, 2.24) is 10.6 Å². The van der Waals surface area contributed by atoms with Gasteiger partial charge in [-0.05, 0) is 41.5 Å². The molecular weight excluding hydrogens is 383 g/mol. The molecular formula is C21H22Cl2N2O2. The van der Waals surface area contributed by atoms with Gasteiger partial charge in [-0.25, -0.2) is 0 Å². The number of nitrogens with one attached hydrogen (secondary N) is 2. The molecule has 2 N–H and O–H groups in total. The second kappa shape index (κ2) is 9.07. The van der Waals surface area contributed by atoms with Crippen molar-refractivity contribution in [3.05, 3.63) is 75.4 Å². The maximum absolute atomic E-state index is 12.7. The number of carbonyl (C=O) groups is 2. The predicted molar refractivity (Wildman–Crippen MR) is 110 cm³/mol. The molecule has 0 saturated heterocycles. The molecule has 0 bridgehead atoms. The maximum atomic E-state index is 12.7. The average molecular weight is 405 g/mol. The Bertz CT molecular complexity index is 836. The molecule has 0 heterocycles. The summed E-state index contributed by atoms with van der Waals surface area (Å²) < 4.78 is 0. The first-order valence-corrected chi connectivity index (χ1v) is 9.22. The molecule has 2 aromatic rings. The molecule has 0 aliphatic carbocycles. The fourth-order valence-electron chi connectivity index (χ4n) is 2.07. The van der Waals surface area contributed by atoms with E-state index in [0.29, 0.717) is 16.6 Å². The summed E-state index contributed by atoms with van der Waals surface area (Å²) in [6.07, 6.45) is 1.62. The van der Waals surface area contributed by atoms with E-state index in [1.807, 2.05) is 12.1 Å². The molecule has 0 saturated carbocycles. The molecule has 2 amide bonds. The number of halogens is 2. The molecule has 0 aliphatic rings. The van der Waals surface area contributed by atoms with Gasteiger partial charge >= 0.3 is 0 Å². The Morgan fingerprint density at radius 1 is 0.926 bits per heavy atom. The zero-order valence-corrected chi connectivity index (χ0v) is 17.0. The molecule has 0 atom stereocenters. The molecule has 0 aliphatic heterocycles. The van der Waals surface area contributed by atoms with Gasteiger partial charge in [-0.3, -0.25) is 9.59 Å². The van der Waals surface area contributed by atoms with E-state index in [0.717, 1.165) is 11.1 Å². The summed E-state index contributed by atoms with van der Waals surface area (Å²) in [6.45, 7) is 5.68. The van der Waals surface area contributed by atoms with E-state index in [1.165, 1.54) is 0 Å². The van der Waals surface area contributed by atoms with Gasteiger partial charge in [0.05, 0.1) is 0 Å². The van der Waals surface area contributed by atoms with Crippen molar-refractivity contribution in [1.29, 1.82) is 0 Å². The predicted octanol–water partition coefficient (Wildman–Crippen LogP) is 4.81. The highest BCUT2D eigenvalue weighted by Crippen LogP contribution is 2.16. The zero-order valence-electron chi connectivity index (χ0n) is 15.5. The molecule has 0 unspecified atom stereocenters. The van der Waals surface area contributed by atoms with E-state index in [2.05, 4.69) is 10.6 Å². The molecule has 0 aromatic heterocycles. The molecule has 4 nitrogen and oxygen atoms in total. The third kappa shape index (κ3) is 6.74. The van der Waals surface area contributed by atoms with Gasteiger partial charge in [-0.1, -0.05) is 68.2 Å². The lowest BCUT2D eigenvalue weighted by Crippen LogP contribution is -2.39. The minimum absolute atomic E-state index is 0.172. The van der Waals surface area contributed by atoms with Crippen molar-refractivity contribution in [2.45, 2.75) is 27.3 Å². The maximum Gasteiger partial charge on any atom is 0.268 e. The van der Waals surface area contributed by atoms with Gasteiger partial charge in [-0.15, -0.1) is 0 Å². The lowest BCUT2D eigenvalue weighted by atomic mass is 9.95. The number of rotatable bonds is 5. The van der Waals surface area contributed by atoms with Crippen molar-refractivity contribution in [3.8, 4) is 0 Å². The highest BCUT2D eigenvalue weighted by Gasteiger charge is 2.24. The largest absolute Gasteiger partial charge is 0.347 e. The van der Waals surface area contributed by atoms with Crippen LogP contribution in [0.1, 0.15) is 31.9 Å². The quantitative estimate of drug-likeness (QED) is 0.702. The third-order valence-corrected chi connectivity index (χ3v) is 4.23. The van der Waals surface area contributed by atoms with Crippen molar-refractivity contribution in [2.75, 3.05) is 0 Å². The molecule has 2 aromatic carbocycles. The van der Waals surface area contributed by atoms with Crippen molar-refractivity contribution in [2.24, 2.45) is 5.41 Å². The summed E-state index contributed by atoms with van der Waals surface area (Å²) >= 11 is 11.8. The number of hydrogen-bond donors (Lipinski definition) is 2. The van der Waals surface area contributed by atoms with Gasteiger partial charge in [-0.2, -0.15) is 0 Å². The summed E-state index contributed by atoms with van der Waals surface area (Å²) in [7, 11) is 0. The smallest absolute Gasteiger partial charge is 0.268 e. The Balaban J connectivity index is 2.19. The second-order valence-electron chi connectivity index (χ2n) is 7.12. The van der Waals surface area contributed by atoms with Gasteiger partial charge < -0.3 is 10.6 Å². The van der Waals surface area contributed by atoms with Crippen LogP contribution in [0.4, 0.5) is 0 Å². The van der Waals surface area contributed by atoms with Crippen LogP contribution in [0.15, 0.2) is 54.2 Å². The van der Waals surface area contributed by atoms with Gasteiger partial charge in [0.2, 0.25) is 5.91 Å². The van der Waals surface area contributed by atoms with Gasteiger partial charge in [0.1, 0.15) is 5.70 Å². The second-order valence-corrected chi connectivity index (χ2v) is 8.00. The first-order valence-electron chi connectivity index (χ1n) is 8.46. The SMILES string of the molecule is CC(C)(C)C(=O)N/C(=C\c1ccc(Cl)cc1)C(=O)NCc1ccc(Cl)cc1. The van der Waals surface area contributed by atoms with Crippen LogP contribution in [-0.4, -0.2) is 11.8 Å². The average Bonchev–Trinajstić information content (AvgIpc) is 2.61. The minimum Gasteiger partial charge on any atom is -0.347 e. The minimum atomic E-state index is -0.629. The number of amides is 2. The summed E-state index contributed by atoms with van der Waals surface area (Å²) in [6, 6.07) is 14.2. The van der Waals surface area contributed by atoms with Crippen LogP contribution in [0, 0.1) is 5.41 Å². The fraction of sp³-hybridized carbons (Fsp3) is 0.238. The zero-order chi connectivity index (χ0) is 20.0. The molecule has 2 rings (SSSR count). The van der Waals surface area contributed by atoms with Crippen LogP contribution in [0.2, 0.25) is 10.0 Å². The van der Waals surface area contributed by atoms with Gasteiger partial charge in [0, 0.05) is 22.0 Å². The van der Waals surface area contributed by atoms with Crippen LogP contribution >= 0.6 is 23.2 Å². The van der Waals surface area contributed by atoms with E-state index in [4.69, 9.17) is 23.2 Å². The van der Waals surface area contributed by atoms with Crippen LogP contribution in [0.5, 0.6) is 0 Å². The van der Waals surface area contributed by atoms with Crippen LogP contribution in [-0.2, 0) is 16.1 Å². The number of carbonyl (C=O) groups excluding carboxylic acids is 2. The third-order valence-electron chi connectivity index (χ3n) is 3.72.